The van der Waals surface area contributed by atoms with Crippen LogP contribution in [0.15, 0.2) is 23.0 Å². The van der Waals surface area contributed by atoms with E-state index in [4.69, 9.17) is 0 Å². The first-order valence-corrected chi connectivity index (χ1v) is 6.12. The summed E-state index contributed by atoms with van der Waals surface area (Å²) in [6, 6.07) is 5.34. The lowest BCUT2D eigenvalue weighted by atomic mass is 10.2. The van der Waals surface area contributed by atoms with Gasteiger partial charge in [0.1, 0.15) is 6.54 Å². The van der Waals surface area contributed by atoms with Crippen molar-refractivity contribution in [2.24, 2.45) is 0 Å². The summed E-state index contributed by atoms with van der Waals surface area (Å²) in [7, 11) is 0. The SMILES string of the molecule is Cc1cccc(=O)n1CC(=O)NC1CCCC1. The van der Waals surface area contributed by atoms with Crippen molar-refractivity contribution >= 4 is 5.91 Å². The van der Waals surface area contributed by atoms with Gasteiger partial charge in [-0.15, -0.1) is 0 Å². The van der Waals surface area contributed by atoms with Crippen molar-refractivity contribution in [2.45, 2.75) is 45.2 Å². The third kappa shape index (κ3) is 2.96. The van der Waals surface area contributed by atoms with Crippen molar-refractivity contribution in [2.75, 3.05) is 0 Å². The Hall–Kier alpha value is -1.58. The number of carbonyl (C=O) groups is 1. The first-order valence-electron chi connectivity index (χ1n) is 6.12. The molecule has 1 heterocycles. The quantitative estimate of drug-likeness (QED) is 0.854. The van der Waals surface area contributed by atoms with Crippen LogP contribution in [0, 0.1) is 6.92 Å². The third-order valence-electron chi connectivity index (χ3n) is 3.29. The minimum absolute atomic E-state index is 0.0618. The lowest BCUT2D eigenvalue weighted by Gasteiger charge is -2.13. The van der Waals surface area contributed by atoms with Gasteiger partial charge >= 0.3 is 0 Å². The van der Waals surface area contributed by atoms with Crippen LogP contribution in [0.2, 0.25) is 0 Å². The highest BCUT2D eigenvalue weighted by Gasteiger charge is 2.17. The van der Waals surface area contributed by atoms with Gasteiger partial charge in [-0.25, -0.2) is 0 Å². The lowest BCUT2D eigenvalue weighted by Crippen LogP contribution is -2.37. The van der Waals surface area contributed by atoms with Gasteiger partial charge in [-0.2, -0.15) is 0 Å². The number of nitrogens with one attached hydrogen (secondary N) is 1. The maximum absolute atomic E-state index is 11.8. The van der Waals surface area contributed by atoms with Gasteiger partial charge in [0.25, 0.3) is 5.56 Å². The van der Waals surface area contributed by atoms with Crippen LogP contribution in [-0.2, 0) is 11.3 Å². The van der Waals surface area contributed by atoms with Gasteiger partial charge in [-0.1, -0.05) is 18.9 Å². The Morgan fingerprint density at radius 2 is 2.12 bits per heavy atom. The first-order chi connectivity index (χ1) is 8.16. The summed E-state index contributed by atoms with van der Waals surface area (Å²) in [6.45, 7) is 1.96. The molecule has 0 saturated heterocycles. The van der Waals surface area contributed by atoms with E-state index in [1.807, 2.05) is 13.0 Å². The van der Waals surface area contributed by atoms with E-state index < -0.39 is 0 Å². The molecule has 1 saturated carbocycles. The molecule has 1 aliphatic rings. The van der Waals surface area contributed by atoms with E-state index in [0.717, 1.165) is 18.5 Å². The van der Waals surface area contributed by atoms with Gasteiger partial charge in [-0.05, 0) is 25.8 Å². The van der Waals surface area contributed by atoms with Crippen molar-refractivity contribution in [3.63, 3.8) is 0 Å². The number of hydrogen-bond donors (Lipinski definition) is 1. The molecule has 4 nitrogen and oxygen atoms in total. The van der Waals surface area contributed by atoms with Crippen LogP contribution in [0.4, 0.5) is 0 Å². The highest BCUT2D eigenvalue weighted by atomic mass is 16.2. The van der Waals surface area contributed by atoms with E-state index in [0.29, 0.717) is 6.04 Å². The molecule has 0 bridgehead atoms. The van der Waals surface area contributed by atoms with Crippen LogP contribution < -0.4 is 10.9 Å². The van der Waals surface area contributed by atoms with Gasteiger partial charge in [0.05, 0.1) is 0 Å². The van der Waals surface area contributed by atoms with Crippen molar-refractivity contribution in [3.8, 4) is 0 Å². The second kappa shape index (κ2) is 5.17. The molecular formula is C13H18N2O2. The summed E-state index contributed by atoms with van der Waals surface area (Å²) in [4.78, 5) is 23.4. The largest absolute Gasteiger partial charge is 0.352 e. The highest BCUT2D eigenvalue weighted by molar-refractivity contribution is 5.76. The van der Waals surface area contributed by atoms with Gasteiger partial charge in [-0.3, -0.25) is 9.59 Å². The van der Waals surface area contributed by atoms with Crippen LogP contribution in [0.1, 0.15) is 31.4 Å². The molecule has 4 heteroatoms. The fraction of sp³-hybridized carbons (Fsp3) is 0.538. The van der Waals surface area contributed by atoms with Crippen LogP contribution >= 0.6 is 0 Å². The fourth-order valence-electron chi connectivity index (χ4n) is 2.31. The second-order valence-electron chi connectivity index (χ2n) is 4.64. The summed E-state index contributed by atoms with van der Waals surface area (Å²) in [6.07, 6.45) is 4.51. The Bertz CT molecular complexity index is 459. The molecule has 1 fully saturated rings. The zero-order chi connectivity index (χ0) is 12.3. The van der Waals surface area contributed by atoms with E-state index >= 15 is 0 Å². The molecule has 0 atom stereocenters. The van der Waals surface area contributed by atoms with E-state index in [-0.39, 0.29) is 18.0 Å². The molecule has 1 N–H and O–H groups in total. The number of amides is 1. The average molecular weight is 234 g/mol. The van der Waals surface area contributed by atoms with Crippen LogP contribution in [0.5, 0.6) is 0 Å². The molecule has 0 unspecified atom stereocenters. The molecule has 0 spiro atoms. The fourth-order valence-corrected chi connectivity index (χ4v) is 2.31. The molecule has 0 aliphatic heterocycles. The van der Waals surface area contributed by atoms with Crippen molar-refractivity contribution in [3.05, 3.63) is 34.2 Å². The summed E-state index contributed by atoms with van der Waals surface area (Å²) in [5.41, 5.74) is 0.700. The Morgan fingerprint density at radius 1 is 1.41 bits per heavy atom. The third-order valence-corrected chi connectivity index (χ3v) is 3.29. The number of nitrogens with zero attached hydrogens (tertiary/aromatic N) is 1. The Kier molecular flexibility index (Phi) is 3.61. The predicted molar refractivity (Wildman–Crippen MR) is 65.8 cm³/mol. The Labute approximate surface area is 101 Å². The summed E-state index contributed by atoms with van der Waals surface area (Å²) >= 11 is 0. The van der Waals surface area contributed by atoms with E-state index in [2.05, 4.69) is 5.32 Å². The van der Waals surface area contributed by atoms with Crippen molar-refractivity contribution < 1.29 is 4.79 Å². The van der Waals surface area contributed by atoms with Crippen molar-refractivity contribution in [1.29, 1.82) is 0 Å². The van der Waals surface area contributed by atoms with Gasteiger partial charge in [0, 0.05) is 17.8 Å². The predicted octanol–water partition coefficient (Wildman–Crippen LogP) is 1.22. The molecule has 1 aromatic heterocycles. The van der Waals surface area contributed by atoms with E-state index in [9.17, 15) is 9.59 Å². The molecule has 1 aromatic rings. The lowest BCUT2D eigenvalue weighted by molar-refractivity contribution is -0.122. The summed E-state index contributed by atoms with van der Waals surface area (Å²) in [5, 5.41) is 2.98. The zero-order valence-corrected chi connectivity index (χ0v) is 10.1. The smallest absolute Gasteiger partial charge is 0.251 e. The number of aryl methyl sites for hydroxylation is 1. The Morgan fingerprint density at radius 3 is 2.76 bits per heavy atom. The summed E-state index contributed by atoms with van der Waals surface area (Å²) < 4.78 is 1.50. The normalized spacial score (nSPS) is 16.1. The van der Waals surface area contributed by atoms with Gasteiger partial charge < -0.3 is 9.88 Å². The average Bonchev–Trinajstić information content (AvgIpc) is 2.76. The molecule has 0 radical (unpaired) electrons. The second-order valence-corrected chi connectivity index (χ2v) is 4.64. The van der Waals surface area contributed by atoms with Gasteiger partial charge in [0.2, 0.25) is 5.91 Å². The number of carbonyl (C=O) groups excluding carboxylic acids is 1. The van der Waals surface area contributed by atoms with Crippen molar-refractivity contribution in [1.82, 2.24) is 9.88 Å². The maximum atomic E-state index is 11.8. The first kappa shape index (κ1) is 11.9. The zero-order valence-electron chi connectivity index (χ0n) is 10.1. The van der Waals surface area contributed by atoms with Crippen LogP contribution in [0.25, 0.3) is 0 Å². The molecule has 92 valence electrons. The van der Waals surface area contributed by atoms with E-state index in [1.54, 1.807) is 6.07 Å². The highest BCUT2D eigenvalue weighted by Crippen LogP contribution is 2.17. The molecule has 0 aromatic carbocycles. The van der Waals surface area contributed by atoms with E-state index in [1.165, 1.54) is 23.5 Å². The maximum Gasteiger partial charge on any atom is 0.251 e. The monoisotopic (exact) mass is 234 g/mol. The van der Waals surface area contributed by atoms with Crippen LogP contribution in [0.3, 0.4) is 0 Å². The number of pyridine rings is 1. The molecule has 1 aliphatic carbocycles. The topological polar surface area (TPSA) is 51.1 Å². The summed E-state index contributed by atoms with van der Waals surface area (Å²) in [5.74, 6) is -0.0618. The molecular weight excluding hydrogens is 216 g/mol. The molecule has 17 heavy (non-hydrogen) atoms. The molecule has 1 amide bonds. The number of hydrogen-bond acceptors (Lipinski definition) is 2. The molecule has 2 rings (SSSR count). The standard InChI is InChI=1S/C13H18N2O2/c1-10-5-4-8-13(17)15(10)9-12(16)14-11-6-2-3-7-11/h4-5,8,11H,2-3,6-7,9H2,1H3,(H,14,16). The minimum Gasteiger partial charge on any atom is -0.352 e. The minimum atomic E-state index is -0.119. The Balaban J connectivity index is 2.00. The van der Waals surface area contributed by atoms with Gasteiger partial charge in [0.15, 0.2) is 0 Å². The number of rotatable bonds is 3. The van der Waals surface area contributed by atoms with Crippen LogP contribution in [-0.4, -0.2) is 16.5 Å². The number of aromatic nitrogens is 1.